The lowest BCUT2D eigenvalue weighted by molar-refractivity contribution is -0.113. The van der Waals surface area contributed by atoms with Crippen molar-refractivity contribution in [2.24, 2.45) is 0 Å². The maximum absolute atomic E-state index is 13.2. The summed E-state index contributed by atoms with van der Waals surface area (Å²) >= 11 is 0. The molecule has 2 aromatic rings. The van der Waals surface area contributed by atoms with Gasteiger partial charge >= 0.3 is 0 Å². The van der Waals surface area contributed by atoms with Crippen LogP contribution in [0.4, 0.5) is 5.69 Å². The second-order valence-corrected chi connectivity index (χ2v) is 8.72. The van der Waals surface area contributed by atoms with Crippen molar-refractivity contribution >= 4 is 17.5 Å². The zero-order valence-electron chi connectivity index (χ0n) is 19.3. The van der Waals surface area contributed by atoms with Crippen molar-refractivity contribution in [3.05, 3.63) is 64.7 Å². The van der Waals surface area contributed by atoms with E-state index in [2.05, 4.69) is 0 Å². The number of amides is 2. The fourth-order valence-electron chi connectivity index (χ4n) is 3.85. The Morgan fingerprint density at radius 2 is 1.81 bits per heavy atom. The van der Waals surface area contributed by atoms with E-state index in [-0.39, 0.29) is 34.8 Å². The summed E-state index contributed by atoms with van der Waals surface area (Å²) in [5.41, 5.74) is 3.42. The molecule has 0 unspecified atom stereocenters. The first kappa shape index (κ1) is 23.3. The van der Waals surface area contributed by atoms with Gasteiger partial charge in [0, 0.05) is 50.1 Å². The van der Waals surface area contributed by atoms with Crippen LogP contribution >= 0.6 is 0 Å². The van der Waals surface area contributed by atoms with E-state index < -0.39 is 0 Å². The lowest BCUT2D eigenvalue weighted by Crippen LogP contribution is -2.27. The minimum Gasteiger partial charge on any atom is -0.508 e. The van der Waals surface area contributed by atoms with E-state index in [0.717, 1.165) is 16.8 Å². The SMILES string of the molecule is CC(C)c1cc(C(=O)N2Cc3cccc(N(C)C(=O)/C=C/CN(C)C)c3C2)c(O)cc1O. The van der Waals surface area contributed by atoms with E-state index in [1.54, 1.807) is 29.0 Å². The second-order valence-electron chi connectivity index (χ2n) is 8.72. The number of nitrogens with zero attached hydrogens (tertiary/aromatic N) is 3. The number of phenols is 2. The van der Waals surface area contributed by atoms with Crippen LogP contribution in [0.2, 0.25) is 0 Å². The lowest BCUT2D eigenvalue weighted by Gasteiger charge is -2.20. The van der Waals surface area contributed by atoms with E-state index in [4.69, 9.17) is 0 Å². The number of carbonyl (C=O) groups excluding carboxylic acids is 2. The van der Waals surface area contributed by atoms with Crippen LogP contribution in [0.15, 0.2) is 42.5 Å². The van der Waals surface area contributed by atoms with Gasteiger partial charge in [0.05, 0.1) is 5.56 Å². The molecule has 0 bridgehead atoms. The molecule has 0 spiro atoms. The van der Waals surface area contributed by atoms with Crippen LogP contribution in [0.25, 0.3) is 0 Å². The third-order valence-electron chi connectivity index (χ3n) is 5.67. The Labute approximate surface area is 189 Å². The van der Waals surface area contributed by atoms with E-state index in [1.165, 1.54) is 6.07 Å². The molecule has 0 atom stereocenters. The normalized spacial score (nSPS) is 13.3. The topological polar surface area (TPSA) is 84.3 Å². The van der Waals surface area contributed by atoms with E-state index in [1.807, 2.05) is 57.1 Å². The van der Waals surface area contributed by atoms with Gasteiger partial charge in [0.1, 0.15) is 11.5 Å². The van der Waals surface area contributed by atoms with Gasteiger partial charge in [0.2, 0.25) is 5.91 Å². The molecular formula is C25H31N3O4. The first-order valence-electron chi connectivity index (χ1n) is 10.6. The van der Waals surface area contributed by atoms with E-state index in [9.17, 15) is 19.8 Å². The highest BCUT2D eigenvalue weighted by molar-refractivity contribution is 6.02. The monoisotopic (exact) mass is 437 g/mol. The summed E-state index contributed by atoms with van der Waals surface area (Å²) < 4.78 is 0. The predicted molar refractivity (Wildman–Crippen MR) is 125 cm³/mol. The Morgan fingerprint density at radius 3 is 2.47 bits per heavy atom. The number of rotatable bonds is 6. The minimum absolute atomic E-state index is 0.00439. The molecule has 1 aliphatic heterocycles. The molecule has 0 radical (unpaired) electrons. The molecule has 7 heteroatoms. The van der Waals surface area contributed by atoms with Crippen molar-refractivity contribution in [2.45, 2.75) is 32.9 Å². The molecule has 0 aliphatic carbocycles. The number of hydrogen-bond donors (Lipinski definition) is 2. The molecule has 7 nitrogen and oxygen atoms in total. The van der Waals surface area contributed by atoms with Gasteiger partial charge < -0.3 is 24.9 Å². The zero-order chi connectivity index (χ0) is 23.6. The van der Waals surface area contributed by atoms with E-state index in [0.29, 0.717) is 25.2 Å². The fourth-order valence-corrected chi connectivity index (χ4v) is 3.85. The molecule has 0 saturated heterocycles. The molecule has 1 heterocycles. The van der Waals surface area contributed by atoms with E-state index >= 15 is 0 Å². The molecular weight excluding hydrogens is 406 g/mol. The van der Waals surface area contributed by atoms with Gasteiger partial charge in [-0.15, -0.1) is 0 Å². The number of phenolic OH excluding ortho intramolecular Hbond substituents is 2. The van der Waals surface area contributed by atoms with Crippen LogP contribution in [-0.4, -0.2) is 59.5 Å². The summed E-state index contributed by atoms with van der Waals surface area (Å²) in [6, 6.07) is 8.49. The minimum atomic E-state index is -0.314. The van der Waals surface area contributed by atoms with Crippen molar-refractivity contribution in [1.29, 1.82) is 0 Å². The van der Waals surface area contributed by atoms with Gasteiger partial charge in [-0.2, -0.15) is 0 Å². The predicted octanol–water partition coefficient (Wildman–Crippen LogP) is 3.46. The first-order chi connectivity index (χ1) is 15.1. The highest BCUT2D eigenvalue weighted by Gasteiger charge is 2.29. The second kappa shape index (κ2) is 9.44. The Kier molecular flexibility index (Phi) is 6.89. The van der Waals surface area contributed by atoms with Crippen LogP contribution in [0.3, 0.4) is 0 Å². The van der Waals surface area contributed by atoms with Gasteiger partial charge in [-0.25, -0.2) is 0 Å². The molecule has 32 heavy (non-hydrogen) atoms. The number of likely N-dealkylation sites (N-methyl/N-ethyl adjacent to an activating group) is 2. The number of fused-ring (bicyclic) bond motifs is 1. The van der Waals surface area contributed by atoms with Gasteiger partial charge in [-0.1, -0.05) is 32.1 Å². The molecule has 3 rings (SSSR count). The van der Waals surface area contributed by atoms with Crippen molar-refractivity contribution in [1.82, 2.24) is 9.80 Å². The molecule has 2 aromatic carbocycles. The van der Waals surface area contributed by atoms with Crippen molar-refractivity contribution in [2.75, 3.05) is 32.6 Å². The molecule has 170 valence electrons. The number of anilines is 1. The average Bonchev–Trinajstić information content (AvgIpc) is 3.16. The van der Waals surface area contributed by atoms with Crippen molar-refractivity contribution in [3.8, 4) is 11.5 Å². The highest BCUT2D eigenvalue weighted by atomic mass is 16.3. The Morgan fingerprint density at radius 1 is 1.09 bits per heavy atom. The van der Waals surface area contributed by atoms with Crippen LogP contribution in [0.5, 0.6) is 11.5 Å². The van der Waals surface area contributed by atoms with Gasteiger partial charge in [0.15, 0.2) is 0 Å². The molecule has 1 aliphatic rings. The third kappa shape index (κ3) is 4.78. The van der Waals surface area contributed by atoms with Gasteiger partial charge in [-0.05, 0) is 43.3 Å². The molecule has 0 aromatic heterocycles. The molecule has 2 N–H and O–H groups in total. The Balaban J connectivity index is 1.84. The number of benzene rings is 2. The summed E-state index contributed by atoms with van der Waals surface area (Å²) in [5, 5.41) is 20.4. The number of hydrogen-bond acceptors (Lipinski definition) is 5. The molecule has 0 saturated carbocycles. The van der Waals surface area contributed by atoms with Crippen LogP contribution in [-0.2, 0) is 17.9 Å². The summed E-state index contributed by atoms with van der Waals surface area (Å²) in [7, 11) is 5.59. The summed E-state index contributed by atoms with van der Waals surface area (Å²) in [6.07, 6.45) is 3.37. The fraction of sp³-hybridized carbons (Fsp3) is 0.360. The summed E-state index contributed by atoms with van der Waals surface area (Å²) in [6.45, 7) is 5.22. The van der Waals surface area contributed by atoms with Crippen molar-refractivity contribution < 1.29 is 19.8 Å². The third-order valence-corrected chi connectivity index (χ3v) is 5.67. The molecule has 2 amide bonds. The summed E-state index contributed by atoms with van der Waals surface area (Å²) in [5.74, 6) is -0.714. The Hall–Kier alpha value is -3.32. The highest BCUT2D eigenvalue weighted by Crippen LogP contribution is 2.36. The maximum atomic E-state index is 13.2. The van der Waals surface area contributed by atoms with Gasteiger partial charge in [0.25, 0.3) is 5.91 Å². The lowest BCUT2D eigenvalue weighted by atomic mass is 9.98. The first-order valence-corrected chi connectivity index (χ1v) is 10.6. The van der Waals surface area contributed by atoms with Crippen LogP contribution in [0.1, 0.15) is 46.8 Å². The Bertz CT molecular complexity index is 1060. The summed E-state index contributed by atoms with van der Waals surface area (Å²) in [4.78, 5) is 31.1. The van der Waals surface area contributed by atoms with Crippen LogP contribution < -0.4 is 4.90 Å². The smallest absolute Gasteiger partial charge is 0.258 e. The quantitative estimate of drug-likeness (QED) is 0.676. The van der Waals surface area contributed by atoms with Gasteiger partial charge in [-0.3, -0.25) is 9.59 Å². The number of carbonyl (C=O) groups is 2. The maximum Gasteiger partial charge on any atom is 0.258 e. The zero-order valence-corrected chi connectivity index (χ0v) is 19.3. The number of aromatic hydroxyl groups is 2. The van der Waals surface area contributed by atoms with Crippen LogP contribution in [0, 0.1) is 0 Å². The standard InChI is InChI=1S/C25H31N3O4/c1-16(2)18-12-19(23(30)13-22(18)29)25(32)28-14-17-8-6-9-21(20(17)15-28)27(5)24(31)10-7-11-26(3)4/h6-10,12-13,16,29-30H,11,14-15H2,1-5H3/b10-7+. The molecule has 0 fully saturated rings. The van der Waals surface area contributed by atoms with Crippen molar-refractivity contribution in [3.63, 3.8) is 0 Å². The average molecular weight is 438 g/mol. The largest absolute Gasteiger partial charge is 0.508 e.